The number of alkyl halides is 1. The topological polar surface area (TPSA) is 33.1 Å². The molecule has 0 amide bonds. The second-order valence-electron chi connectivity index (χ2n) is 2.07. The molecule has 0 aliphatic carbocycles. The quantitative estimate of drug-likeness (QED) is 0.703. The standard InChI is InChI=1S/C7H7F2NO/c8-3-7(11)5-1-2-10-4-6(5)9/h1-2,4,7,11H,3H2. The van der Waals surface area contributed by atoms with Crippen molar-refractivity contribution in [2.24, 2.45) is 0 Å². The summed E-state index contributed by atoms with van der Waals surface area (Å²) in [4.78, 5) is 3.45. The minimum absolute atomic E-state index is 0.0532. The van der Waals surface area contributed by atoms with Crippen LogP contribution < -0.4 is 0 Å². The van der Waals surface area contributed by atoms with Gasteiger partial charge in [0.2, 0.25) is 0 Å². The summed E-state index contributed by atoms with van der Waals surface area (Å²) in [5.74, 6) is -0.683. The van der Waals surface area contributed by atoms with Crippen molar-refractivity contribution >= 4 is 0 Å². The summed E-state index contributed by atoms with van der Waals surface area (Å²) < 4.78 is 24.5. The molecule has 11 heavy (non-hydrogen) atoms. The summed E-state index contributed by atoms with van der Waals surface area (Å²) in [5, 5.41) is 8.87. The monoisotopic (exact) mass is 159 g/mol. The Hall–Kier alpha value is -1.03. The predicted octanol–water partition coefficient (Wildman–Crippen LogP) is 1.22. The fraction of sp³-hybridized carbons (Fsp3) is 0.286. The maximum absolute atomic E-state index is 12.6. The van der Waals surface area contributed by atoms with Crippen molar-refractivity contribution in [1.29, 1.82) is 0 Å². The number of aliphatic hydroxyl groups excluding tert-OH is 1. The highest BCUT2D eigenvalue weighted by Gasteiger charge is 2.10. The van der Waals surface area contributed by atoms with Gasteiger partial charge in [-0.2, -0.15) is 0 Å². The Balaban J connectivity index is 2.93. The van der Waals surface area contributed by atoms with E-state index in [1.54, 1.807) is 0 Å². The first-order valence-electron chi connectivity index (χ1n) is 3.09. The van der Waals surface area contributed by atoms with Crippen LogP contribution in [0.1, 0.15) is 11.7 Å². The Morgan fingerprint density at radius 3 is 2.91 bits per heavy atom. The van der Waals surface area contributed by atoms with E-state index in [2.05, 4.69) is 4.98 Å². The van der Waals surface area contributed by atoms with E-state index >= 15 is 0 Å². The summed E-state index contributed by atoms with van der Waals surface area (Å²) in [6.07, 6.45) is 0.865. The van der Waals surface area contributed by atoms with Crippen LogP contribution in [0.25, 0.3) is 0 Å². The van der Waals surface area contributed by atoms with Crippen molar-refractivity contribution in [2.75, 3.05) is 6.67 Å². The zero-order chi connectivity index (χ0) is 8.27. The Labute approximate surface area is 62.5 Å². The molecule has 0 aliphatic rings. The van der Waals surface area contributed by atoms with Crippen molar-refractivity contribution in [3.05, 3.63) is 29.8 Å². The Morgan fingerprint density at radius 2 is 2.36 bits per heavy atom. The van der Waals surface area contributed by atoms with E-state index in [1.165, 1.54) is 12.3 Å². The third-order valence-electron chi connectivity index (χ3n) is 1.31. The minimum Gasteiger partial charge on any atom is -0.386 e. The normalized spacial score (nSPS) is 13.0. The third kappa shape index (κ3) is 1.71. The molecule has 1 atom stereocenters. The Kier molecular flexibility index (Phi) is 2.48. The highest BCUT2D eigenvalue weighted by Crippen LogP contribution is 2.15. The van der Waals surface area contributed by atoms with Gasteiger partial charge >= 0.3 is 0 Å². The molecule has 0 fully saturated rings. The fourth-order valence-electron chi connectivity index (χ4n) is 0.739. The van der Waals surface area contributed by atoms with E-state index in [0.717, 1.165) is 6.20 Å². The number of pyridine rings is 1. The van der Waals surface area contributed by atoms with E-state index < -0.39 is 18.6 Å². The lowest BCUT2D eigenvalue weighted by atomic mass is 10.1. The van der Waals surface area contributed by atoms with Crippen molar-refractivity contribution in [3.63, 3.8) is 0 Å². The minimum atomic E-state index is -1.38. The lowest BCUT2D eigenvalue weighted by Gasteiger charge is -2.05. The van der Waals surface area contributed by atoms with Crippen LogP contribution in [0.5, 0.6) is 0 Å². The predicted molar refractivity (Wildman–Crippen MR) is 35.1 cm³/mol. The van der Waals surface area contributed by atoms with E-state index in [-0.39, 0.29) is 5.56 Å². The van der Waals surface area contributed by atoms with Gasteiger partial charge in [0.15, 0.2) is 0 Å². The van der Waals surface area contributed by atoms with Gasteiger partial charge < -0.3 is 5.11 Å². The molecule has 2 nitrogen and oxygen atoms in total. The van der Waals surface area contributed by atoms with Gasteiger partial charge in [-0.1, -0.05) is 0 Å². The Bertz CT molecular complexity index is 242. The molecule has 0 spiro atoms. The van der Waals surface area contributed by atoms with Crippen LogP contribution in [0.3, 0.4) is 0 Å². The second-order valence-corrected chi connectivity index (χ2v) is 2.07. The number of aliphatic hydroxyl groups is 1. The second kappa shape index (κ2) is 3.39. The first kappa shape index (κ1) is 8.07. The number of rotatable bonds is 2. The molecule has 1 N–H and O–H groups in total. The fourth-order valence-corrected chi connectivity index (χ4v) is 0.739. The number of halogens is 2. The summed E-state index contributed by atoms with van der Waals surface area (Å²) in [6.45, 7) is -0.985. The third-order valence-corrected chi connectivity index (χ3v) is 1.31. The van der Waals surface area contributed by atoms with Gasteiger partial charge in [0.05, 0.1) is 6.20 Å². The van der Waals surface area contributed by atoms with Crippen LogP contribution in [0.2, 0.25) is 0 Å². The first-order chi connectivity index (χ1) is 5.25. The van der Waals surface area contributed by atoms with E-state index in [9.17, 15) is 8.78 Å². The van der Waals surface area contributed by atoms with Crippen LogP contribution in [0.4, 0.5) is 8.78 Å². The van der Waals surface area contributed by atoms with Crippen LogP contribution in [-0.2, 0) is 0 Å². The van der Waals surface area contributed by atoms with Crippen LogP contribution in [0.15, 0.2) is 18.5 Å². The van der Waals surface area contributed by atoms with Crippen LogP contribution >= 0.6 is 0 Å². The SMILES string of the molecule is OC(CF)c1ccncc1F. The Morgan fingerprint density at radius 1 is 1.64 bits per heavy atom. The summed E-state index contributed by atoms with van der Waals surface area (Å²) in [5.41, 5.74) is -0.0532. The molecule has 1 heterocycles. The molecule has 1 rings (SSSR count). The molecule has 0 radical (unpaired) electrons. The van der Waals surface area contributed by atoms with Gasteiger partial charge in [0.25, 0.3) is 0 Å². The molecule has 0 bridgehead atoms. The van der Waals surface area contributed by atoms with Gasteiger partial charge in [-0.3, -0.25) is 4.98 Å². The maximum atomic E-state index is 12.6. The first-order valence-corrected chi connectivity index (χ1v) is 3.09. The number of aromatic nitrogens is 1. The van der Waals surface area contributed by atoms with Crippen molar-refractivity contribution in [3.8, 4) is 0 Å². The largest absolute Gasteiger partial charge is 0.386 e. The molecule has 0 saturated heterocycles. The van der Waals surface area contributed by atoms with Gasteiger partial charge in [0, 0.05) is 11.8 Å². The van der Waals surface area contributed by atoms with Gasteiger partial charge in [-0.25, -0.2) is 8.78 Å². The van der Waals surface area contributed by atoms with E-state index in [0.29, 0.717) is 0 Å². The summed E-state index contributed by atoms with van der Waals surface area (Å²) >= 11 is 0. The van der Waals surface area contributed by atoms with Crippen LogP contribution in [0, 0.1) is 5.82 Å². The highest BCUT2D eigenvalue weighted by molar-refractivity contribution is 5.15. The van der Waals surface area contributed by atoms with Gasteiger partial charge in [-0.05, 0) is 6.07 Å². The molecule has 1 aromatic heterocycles. The summed E-state index contributed by atoms with van der Waals surface area (Å²) in [7, 11) is 0. The van der Waals surface area contributed by atoms with Crippen molar-refractivity contribution < 1.29 is 13.9 Å². The smallest absolute Gasteiger partial charge is 0.147 e. The van der Waals surface area contributed by atoms with E-state index in [1.807, 2.05) is 0 Å². The molecule has 1 aromatic rings. The van der Waals surface area contributed by atoms with Gasteiger partial charge in [-0.15, -0.1) is 0 Å². The zero-order valence-electron chi connectivity index (χ0n) is 5.67. The molecule has 4 heteroatoms. The van der Waals surface area contributed by atoms with E-state index in [4.69, 9.17) is 5.11 Å². The van der Waals surface area contributed by atoms with Crippen molar-refractivity contribution in [1.82, 2.24) is 4.98 Å². The number of hydrogen-bond donors (Lipinski definition) is 1. The molecule has 0 saturated carbocycles. The number of hydrogen-bond acceptors (Lipinski definition) is 2. The lowest BCUT2D eigenvalue weighted by molar-refractivity contribution is 0.137. The van der Waals surface area contributed by atoms with Crippen LogP contribution in [-0.4, -0.2) is 16.8 Å². The molecular formula is C7H7F2NO. The molecule has 0 aromatic carbocycles. The average Bonchev–Trinajstić information content (AvgIpc) is 2.04. The van der Waals surface area contributed by atoms with Crippen molar-refractivity contribution in [2.45, 2.75) is 6.10 Å². The zero-order valence-corrected chi connectivity index (χ0v) is 5.67. The number of nitrogens with zero attached hydrogens (tertiary/aromatic N) is 1. The highest BCUT2D eigenvalue weighted by atomic mass is 19.1. The molecule has 60 valence electrons. The molecular weight excluding hydrogens is 152 g/mol. The summed E-state index contributed by atoms with van der Waals surface area (Å²) in [6, 6.07) is 1.25. The lowest BCUT2D eigenvalue weighted by Crippen LogP contribution is -2.02. The van der Waals surface area contributed by atoms with Gasteiger partial charge in [0.1, 0.15) is 18.6 Å². The average molecular weight is 159 g/mol. The molecule has 1 unspecified atom stereocenters. The molecule has 0 aliphatic heterocycles. The maximum Gasteiger partial charge on any atom is 0.147 e.